The molecule has 0 spiro atoms. The molecule has 2 rings (SSSR count). The summed E-state index contributed by atoms with van der Waals surface area (Å²) in [6.07, 6.45) is 6.64. The summed E-state index contributed by atoms with van der Waals surface area (Å²) in [6.45, 7) is 8.37. The fourth-order valence-electron chi connectivity index (χ4n) is 3.23. The summed E-state index contributed by atoms with van der Waals surface area (Å²) >= 11 is 0. The number of likely N-dealkylation sites (tertiary alicyclic amines) is 1. The van der Waals surface area contributed by atoms with Crippen molar-refractivity contribution in [2.75, 3.05) is 39.8 Å². The Balaban J connectivity index is 1.64. The SMILES string of the molecule is COC1(C)CCCN(CCCC2CCNC2)C1. The quantitative estimate of drug-likeness (QED) is 0.794. The van der Waals surface area contributed by atoms with Gasteiger partial charge in [0, 0.05) is 13.7 Å². The smallest absolute Gasteiger partial charge is 0.0777 e. The lowest BCUT2D eigenvalue weighted by atomic mass is 9.94. The predicted molar refractivity (Wildman–Crippen MR) is 71.3 cm³/mol. The zero-order chi connectivity index (χ0) is 12.1. The Hall–Kier alpha value is -0.120. The summed E-state index contributed by atoms with van der Waals surface area (Å²) in [5, 5.41) is 3.45. The van der Waals surface area contributed by atoms with E-state index >= 15 is 0 Å². The van der Waals surface area contributed by atoms with Crippen molar-refractivity contribution in [1.29, 1.82) is 0 Å². The highest BCUT2D eigenvalue weighted by atomic mass is 16.5. The van der Waals surface area contributed by atoms with Crippen LogP contribution in [0, 0.1) is 5.92 Å². The number of methoxy groups -OCH3 is 1. The third-order valence-electron chi connectivity index (χ3n) is 4.48. The van der Waals surface area contributed by atoms with E-state index in [0.717, 1.165) is 12.5 Å². The monoisotopic (exact) mass is 240 g/mol. The maximum absolute atomic E-state index is 5.64. The fraction of sp³-hybridized carbons (Fsp3) is 1.00. The maximum atomic E-state index is 5.64. The Bertz CT molecular complexity index is 228. The van der Waals surface area contributed by atoms with Crippen molar-refractivity contribution in [3.8, 4) is 0 Å². The Kier molecular flexibility index (Phi) is 4.83. The van der Waals surface area contributed by atoms with E-state index in [9.17, 15) is 0 Å². The molecule has 0 radical (unpaired) electrons. The standard InChI is InChI=1S/C14H28N2O/c1-14(17-2)7-4-10-16(12-14)9-3-5-13-6-8-15-11-13/h13,15H,3-12H2,1-2H3. The topological polar surface area (TPSA) is 24.5 Å². The zero-order valence-corrected chi connectivity index (χ0v) is 11.5. The van der Waals surface area contributed by atoms with Gasteiger partial charge in [-0.3, -0.25) is 0 Å². The molecule has 2 atom stereocenters. The Morgan fingerprint density at radius 1 is 1.47 bits per heavy atom. The highest BCUT2D eigenvalue weighted by molar-refractivity contribution is 4.84. The molecule has 0 saturated carbocycles. The number of rotatable bonds is 5. The molecule has 0 aliphatic carbocycles. The van der Waals surface area contributed by atoms with E-state index in [-0.39, 0.29) is 5.60 Å². The number of hydrogen-bond donors (Lipinski definition) is 1. The number of piperidine rings is 1. The van der Waals surface area contributed by atoms with Gasteiger partial charge in [0.25, 0.3) is 0 Å². The van der Waals surface area contributed by atoms with Crippen LogP contribution in [-0.4, -0.2) is 50.3 Å². The van der Waals surface area contributed by atoms with Crippen molar-refractivity contribution in [2.24, 2.45) is 5.92 Å². The third-order valence-corrected chi connectivity index (χ3v) is 4.48. The molecule has 2 heterocycles. The van der Waals surface area contributed by atoms with Gasteiger partial charge in [-0.15, -0.1) is 0 Å². The minimum atomic E-state index is 0.104. The molecule has 3 heteroatoms. The van der Waals surface area contributed by atoms with E-state index in [4.69, 9.17) is 4.74 Å². The van der Waals surface area contributed by atoms with E-state index in [1.165, 1.54) is 58.3 Å². The van der Waals surface area contributed by atoms with Gasteiger partial charge in [0.1, 0.15) is 0 Å². The molecule has 0 bridgehead atoms. The van der Waals surface area contributed by atoms with Crippen molar-refractivity contribution in [3.05, 3.63) is 0 Å². The molecular weight excluding hydrogens is 212 g/mol. The lowest BCUT2D eigenvalue weighted by molar-refractivity contribution is -0.0509. The Morgan fingerprint density at radius 2 is 2.35 bits per heavy atom. The van der Waals surface area contributed by atoms with Crippen molar-refractivity contribution in [2.45, 2.75) is 44.6 Å². The summed E-state index contributed by atoms with van der Waals surface area (Å²) in [6, 6.07) is 0. The van der Waals surface area contributed by atoms with Crippen LogP contribution in [0.2, 0.25) is 0 Å². The van der Waals surface area contributed by atoms with Crippen LogP contribution in [0.3, 0.4) is 0 Å². The van der Waals surface area contributed by atoms with E-state index in [1.54, 1.807) is 0 Å². The van der Waals surface area contributed by atoms with Crippen molar-refractivity contribution in [1.82, 2.24) is 10.2 Å². The van der Waals surface area contributed by atoms with E-state index in [1.807, 2.05) is 7.11 Å². The normalized spacial score (nSPS) is 35.3. The highest BCUT2D eigenvalue weighted by Gasteiger charge is 2.30. The molecule has 2 aliphatic rings. The first-order chi connectivity index (χ1) is 8.22. The molecular formula is C14H28N2O. The Labute approximate surface area is 106 Å². The van der Waals surface area contributed by atoms with Gasteiger partial charge in [0.2, 0.25) is 0 Å². The van der Waals surface area contributed by atoms with E-state index < -0.39 is 0 Å². The minimum Gasteiger partial charge on any atom is -0.377 e. The van der Waals surface area contributed by atoms with Crippen LogP contribution in [0.1, 0.15) is 39.0 Å². The van der Waals surface area contributed by atoms with Gasteiger partial charge in [0.05, 0.1) is 5.60 Å². The first kappa shape index (κ1) is 13.3. The Morgan fingerprint density at radius 3 is 3.06 bits per heavy atom. The second-order valence-corrected chi connectivity index (χ2v) is 6.03. The predicted octanol–water partition coefficient (Wildman–Crippen LogP) is 1.88. The van der Waals surface area contributed by atoms with Crippen LogP contribution in [0.5, 0.6) is 0 Å². The van der Waals surface area contributed by atoms with Gasteiger partial charge in [0.15, 0.2) is 0 Å². The second kappa shape index (κ2) is 6.17. The lowest BCUT2D eigenvalue weighted by Gasteiger charge is -2.39. The molecule has 2 saturated heterocycles. The molecule has 2 unspecified atom stereocenters. The van der Waals surface area contributed by atoms with Gasteiger partial charge < -0.3 is 15.0 Å². The molecule has 2 aliphatic heterocycles. The molecule has 0 amide bonds. The van der Waals surface area contributed by atoms with Gasteiger partial charge in [-0.05, 0) is 71.1 Å². The van der Waals surface area contributed by atoms with Crippen LogP contribution in [0.25, 0.3) is 0 Å². The van der Waals surface area contributed by atoms with Crippen molar-refractivity contribution < 1.29 is 4.74 Å². The van der Waals surface area contributed by atoms with Gasteiger partial charge in [-0.2, -0.15) is 0 Å². The minimum absolute atomic E-state index is 0.104. The van der Waals surface area contributed by atoms with Crippen LogP contribution in [0.4, 0.5) is 0 Å². The molecule has 2 fully saturated rings. The summed E-state index contributed by atoms with van der Waals surface area (Å²) in [5.41, 5.74) is 0.104. The van der Waals surface area contributed by atoms with Gasteiger partial charge in [-0.25, -0.2) is 0 Å². The number of hydrogen-bond acceptors (Lipinski definition) is 3. The van der Waals surface area contributed by atoms with E-state index in [2.05, 4.69) is 17.1 Å². The lowest BCUT2D eigenvalue weighted by Crippen LogP contribution is -2.47. The first-order valence-corrected chi connectivity index (χ1v) is 7.20. The third kappa shape index (κ3) is 3.94. The average molecular weight is 240 g/mol. The number of nitrogens with one attached hydrogen (secondary N) is 1. The molecule has 100 valence electrons. The second-order valence-electron chi connectivity index (χ2n) is 6.03. The first-order valence-electron chi connectivity index (χ1n) is 7.20. The molecule has 1 N–H and O–H groups in total. The summed E-state index contributed by atoms with van der Waals surface area (Å²) in [5.74, 6) is 0.939. The summed E-state index contributed by atoms with van der Waals surface area (Å²) in [7, 11) is 1.85. The largest absolute Gasteiger partial charge is 0.377 e. The molecule has 17 heavy (non-hydrogen) atoms. The van der Waals surface area contributed by atoms with Crippen molar-refractivity contribution in [3.63, 3.8) is 0 Å². The molecule has 0 aromatic heterocycles. The molecule has 0 aromatic rings. The van der Waals surface area contributed by atoms with E-state index in [0.29, 0.717) is 0 Å². The van der Waals surface area contributed by atoms with Crippen molar-refractivity contribution >= 4 is 0 Å². The maximum Gasteiger partial charge on any atom is 0.0777 e. The fourth-order valence-corrected chi connectivity index (χ4v) is 3.23. The van der Waals surface area contributed by atoms with Crippen LogP contribution in [0.15, 0.2) is 0 Å². The highest BCUT2D eigenvalue weighted by Crippen LogP contribution is 2.24. The molecule has 0 aromatic carbocycles. The van der Waals surface area contributed by atoms with Gasteiger partial charge >= 0.3 is 0 Å². The zero-order valence-electron chi connectivity index (χ0n) is 11.5. The number of ether oxygens (including phenoxy) is 1. The summed E-state index contributed by atoms with van der Waals surface area (Å²) in [4.78, 5) is 2.59. The number of nitrogens with zero attached hydrogens (tertiary/aromatic N) is 1. The van der Waals surface area contributed by atoms with Crippen LogP contribution < -0.4 is 5.32 Å². The summed E-state index contributed by atoms with van der Waals surface area (Å²) < 4.78 is 5.64. The van der Waals surface area contributed by atoms with Gasteiger partial charge in [-0.1, -0.05) is 0 Å². The average Bonchev–Trinajstić information content (AvgIpc) is 2.82. The van der Waals surface area contributed by atoms with Crippen LogP contribution >= 0.6 is 0 Å². The molecule has 3 nitrogen and oxygen atoms in total. The van der Waals surface area contributed by atoms with Crippen LogP contribution in [-0.2, 0) is 4.74 Å².